The van der Waals surface area contributed by atoms with Gasteiger partial charge in [-0.05, 0) is 59.8 Å². The maximum Gasteiger partial charge on any atom is 0.252 e. The van der Waals surface area contributed by atoms with Gasteiger partial charge in [0.15, 0.2) is 0 Å². The van der Waals surface area contributed by atoms with Gasteiger partial charge < -0.3 is 10.1 Å². The predicted octanol–water partition coefficient (Wildman–Crippen LogP) is 3.79. The van der Waals surface area contributed by atoms with Crippen LogP contribution in [-0.4, -0.2) is 25.2 Å². The average molecular weight is 347 g/mol. The monoisotopic (exact) mass is 345 g/mol. The Morgan fingerprint density at radius 1 is 1.47 bits per heavy atom. The summed E-state index contributed by atoms with van der Waals surface area (Å²) >= 11 is 9.20. The maximum atomic E-state index is 12.0. The molecule has 1 saturated heterocycles. The van der Waals surface area contributed by atoms with Crippen molar-refractivity contribution in [2.24, 2.45) is 0 Å². The van der Waals surface area contributed by atoms with Gasteiger partial charge in [-0.3, -0.25) is 4.79 Å². The van der Waals surface area contributed by atoms with Gasteiger partial charge in [0, 0.05) is 22.6 Å². The van der Waals surface area contributed by atoms with E-state index in [-0.39, 0.29) is 5.91 Å². The summed E-state index contributed by atoms with van der Waals surface area (Å²) in [5, 5.41) is 3.52. The van der Waals surface area contributed by atoms with Crippen molar-refractivity contribution in [1.29, 1.82) is 0 Å². The molecule has 1 aromatic carbocycles. The van der Waals surface area contributed by atoms with E-state index in [0.717, 1.165) is 25.9 Å². The summed E-state index contributed by atoms with van der Waals surface area (Å²) in [7, 11) is 0. The summed E-state index contributed by atoms with van der Waals surface area (Å²) in [6.45, 7) is 1.49. The van der Waals surface area contributed by atoms with Crippen LogP contribution in [0.1, 0.15) is 36.0 Å². The number of nitrogens with one attached hydrogen (secondary N) is 1. The van der Waals surface area contributed by atoms with Crippen LogP contribution < -0.4 is 5.32 Å². The fraction of sp³-hybridized carbons (Fsp3) is 0.500. The Bertz CT molecular complexity index is 447. The summed E-state index contributed by atoms with van der Waals surface area (Å²) in [6, 6.07) is 5.16. The third kappa shape index (κ3) is 4.48. The number of halogens is 2. The molecule has 1 unspecified atom stereocenters. The lowest BCUT2D eigenvalue weighted by atomic mass is 10.1. The molecule has 5 heteroatoms. The van der Waals surface area contributed by atoms with Crippen LogP contribution in [0.2, 0.25) is 5.02 Å². The van der Waals surface area contributed by atoms with Crippen molar-refractivity contribution in [2.45, 2.75) is 31.8 Å². The molecule has 1 heterocycles. The van der Waals surface area contributed by atoms with Gasteiger partial charge in [-0.25, -0.2) is 0 Å². The summed E-state index contributed by atoms with van der Waals surface area (Å²) in [5.74, 6) is -0.0839. The van der Waals surface area contributed by atoms with Crippen LogP contribution in [0.25, 0.3) is 0 Å². The maximum absolute atomic E-state index is 12.0. The highest BCUT2D eigenvalue weighted by Crippen LogP contribution is 2.21. The van der Waals surface area contributed by atoms with Crippen LogP contribution in [0.4, 0.5) is 0 Å². The third-order valence-corrected chi connectivity index (χ3v) is 4.09. The molecule has 1 N–H and O–H groups in total. The first-order valence-electron chi connectivity index (χ1n) is 6.51. The van der Waals surface area contributed by atoms with Gasteiger partial charge in [0.25, 0.3) is 5.91 Å². The second-order valence-corrected chi connectivity index (χ2v) is 5.95. The summed E-state index contributed by atoms with van der Waals surface area (Å²) in [6.07, 6.45) is 4.64. The normalized spacial score (nSPS) is 19.2. The lowest BCUT2D eigenvalue weighted by molar-refractivity contribution is 0.0117. The number of carbonyl (C=O) groups is 1. The second-order valence-electron chi connectivity index (χ2n) is 4.66. The van der Waals surface area contributed by atoms with Gasteiger partial charge in [-0.15, -0.1) is 0 Å². The number of ether oxygens (including phenoxy) is 1. The molecule has 1 aliphatic rings. The number of benzene rings is 1. The zero-order valence-electron chi connectivity index (χ0n) is 10.6. The number of carbonyl (C=O) groups excluding carboxylic acids is 1. The van der Waals surface area contributed by atoms with E-state index in [1.807, 2.05) is 0 Å². The molecule has 0 saturated carbocycles. The molecule has 1 fully saturated rings. The summed E-state index contributed by atoms with van der Waals surface area (Å²) in [4.78, 5) is 12.0. The molecule has 1 amide bonds. The van der Waals surface area contributed by atoms with Crippen molar-refractivity contribution in [3.63, 3.8) is 0 Å². The molecule has 0 aromatic heterocycles. The van der Waals surface area contributed by atoms with E-state index in [2.05, 4.69) is 21.2 Å². The molecule has 104 valence electrons. The minimum atomic E-state index is -0.0839. The Morgan fingerprint density at radius 2 is 2.32 bits per heavy atom. The standard InChI is InChI=1S/C14H17BrClNO2/c15-13-9-10(16)4-5-12(13)14(18)17-7-6-11-3-1-2-8-19-11/h4-5,9,11H,1-3,6-8H2,(H,17,18). The lowest BCUT2D eigenvalue weighted by Crippen LogP contribution is -2.29. The van der Waals surface area contributed by atoms with Crippen molar-refractivity contribution in [3.8, 4) is 0 Å². The third-order valence-electron chi connectivity index (χ3n) is 3.20. The molecular weight excluding hydrogens is 330 g/mol. The SMILES string of the molecule is O=C(NCCC1CCCCO1)c1ccc(Cl)cc1Br. The number of hydrogen-bond donors (Lipinski definition) is 1. The highest BCUT2D eigenvalue weighted by atomic mass is 79.9. The van der Waals surface area contributed by atoms with E-state index in [4.69, 9.17) is 16.3 Å². The van der Waals surface area contributed by atoms with E-state index in [1.165, 1.54) is 6.42 Å². The zero-order valence-corrected chi connectivity index (χ0v) is 13.0. The molecule has 3 nitrogen and oxygen atoms in total. The van der Waals surface area contributed by atoms with Gasteiger partial charge in [0.2, 0.25) is 0 Å². The molecular formula is C14H17BrClNO2. The molecule has 1 atom stereocenters. The fourth-order valence-corrected chi connectivity index (χ4v) is 3.01. The molecule has 1 aromatic rings. The average Bonchev–Trinajstić information content (AvgIpc) is 2.39. The minimum absolute atomic E-state index is 0.0839. The van der Waals surface area contributed by atoms with E-state index >= 15 is 0 Å². The van der Waals surface area contributed by atoms with Crippen LogP contribution in [0.15, 0.2) is 22.7 Å². The number of amides is 1. The molecule has 0 bridgehead atoms. The molecule has 0 spiro atoms. The fourth-order valence-electron chi connectivity index (χ4n) is 2.15. The largest absolute Gasteiger partial charge is 0.378 e. The number of rotatable bonds is 4. The minimum Gasteiger partial charge on any atom is -0.378 e. The van der Waals surface area contributed by atoms with Gasteiger partial charge in [0.1, 0.15) is 0 Å². The van der Waals surface area contributed by atoms with Gasteiger partial charge in [0.05, 0.1) is 11.7 Å². The van der Waals surface area contributed by atoms with Crippen LogP contribution in [0, 0.1) is 0 Å². The molecule has 0 radical (unpaired) electrons. The highest BCUT2D eigenvalue weighted by Gasteiger charge is 2.15. The van der Waals surface area contributed by atoms with Gasteiger partial charge in [-0.2, -0.15) is 0 Å². The molecule has 1 aliphatic heterocycles. The first kappa shape index (κ1) is 14.8. The van der Waals surface area contributed by atoms with Crippen molar-refractivity contribution >= 4 is 33.4 Å². The Kier molecular flexibility index (Phi) is 5.67. The predicted molar refractivity (Wildman–Crippen MR) is 79.7 cm³/mol. The Balaban J connectivity index is 1.80. The summed E-state index contributed by atoms with van der Waals surface area (Å²) < 4.78 is 6.34. The van der Waals surface area contributed by atoms with Crippen molar-refractivity contribution in [1.82, 2.24) is 5.32 Å². The molecule has 2 rings (SSSR count). The van der Waals surface area contributed by atoms with Crippen LogP contribution in [0.5, 0.6) is 0 Å². The van der Waals surface area contributed by atoms with Gasteiger partial charge in [-0.1, -0.05) is 11.6 Å². The second kappa shape index (κ2) is 7.27. The Labute approximate surface area is 126 Å². The first-order valence-corrected chi connectivity index (χ1v) is 7.69. The topological polar surface area (TPSA) is 38.3 Å². The lowest BCUT2D eigenvalue weighted by Gasteiger charge is -2.22. The van der Waals surface area contributed by atoms with Crippen molar-refractivity contribution < 1.29 is 9.53 Å². The van der Waals surface area contributed by atoms with E-state index < -0.39 is 0 Å². The van der Waals surface area contributed by atoms with E-state index in [0.29, 0.717) is 27.7 Å². The quantitative estimate of drug-likeness (QED) is 0.900. The molecule has 0 aliphatic carbocycles. The van der Waals surface area contributed by atoms with Gasteiger partial charge >= 0.3 is 0 Å². The van der Waals surface area contributed by atoms with E-state index in [1.54, 1.807) is 18.2 Å². The van der Waals surface area contributed by atoms with Crippen LogP contribution in [-0.2, 0) is 4.74 Å². The summed E-state index contributed by atoms with van der Waals surface area (Å²) in [5.41, 5.74) is 0.606. The first-order chi connectivity index (χ1) is 9.16. The zero-order chi connectivity index (χ0) is 13.7. The Morgan fingerprint density at radius 3 is 3.00 bits per heavy atom. The van der Waals surface area contributed by atoms with Crippen LogP contribution in [0.3, 0.4) is 0 Å². The highest BCUT2D eigenvalue weighted by molar-refractivity contribution is 9.10. The van der Waals surface area contributed by atoms with Crippen molar-refractivity contribution in [2.75, 3.05) is 13.2 Å². The smallest absolute Gasteiger partial charge is 0.252 e. The van der Waals surface area contributed by atoms with Crippen LogP contribution >= 0.6 is 27.5 Å². The van der Waals surface area contributed by atoms with Crippen molar-refractivity contribution in [3.05, 3.63) is 33.3 Å². The number of hydrogen-bond acceptors (Lipinski definition) is 2. The Hall–Kier alpha value is -0.580. The molecule has 19 heavy (non-hydrogen) atoms. The van der Waals surface area contributed by atoms with E-state index in [9.17, 15) is 4.79 Å².